The van der Waals surface area contributed by atoms with Gasteiger partial charge in [0.05, 0.1) is 0 Å². The summed E-state index contributed by atoms with van der Waals surface area (Å²) in [7, 11) is 0. The summed E-state index contributed by atoms with van der Waals surface area (Å²) in [5.74, 6) is -3.64. The molecule has 7 nitrogen and oxygen atoms in total. The summed E-state index contributed by atoms with van der Waals surface area (Å²) >= 11 is 0. The van der Waals surface area contributed by atoms with Gasteiger partial charge in [0.1, 0.15) is 12.2 Å². The van der Waals surface area contributed by atoms with E-state index in [1.807, 2.05) is 0 Å². The molecular weight excluding hydrogens is 400 g/mol. The van der Waals surface area contributed by atoms with Crippen LogP contribution in [0.5, 0.6) is 0 Å². The Balaban J connectivity index is 1.98. The number of ketones is 1. The molecule has 0 aromatic carbocycles. The quantitative estimate of drug-likeness (QED) is 0.167. The molecule has 0 bridgehead atoms. The summed E-state index contributed by atoms with van der Waals surface area (Å²) < 4.78 is 4.57. The Kier molecular flexibility index (Phi) is 14.2. The van der Waals surface area contributed by atoms with Crippen LogP contribution in [0.3, 0.4) is 0 Å². The van der Waals surface area contributed by atoms with Gasteiger partial charge in [-0.3, -0.25) is 4.79 Å². The normalized spacial score (nSPS) is 18.3. The molecular formula is C24H42O7. The molecule has 0 fully saturated rings. The molecule has 1 heterocycles. The first-order chi connectivity index (χ1) is 14.9. The maximum atomic E-state index is 12.0. The van der Waals surface area contributed by atoms with Crippen LogP contribution < -0.4 is 0 Å². The van der Waals surface area contributed by atoms with Crippen LogP contribution >= 0.6 is 0 Å². The first kappa shape index (κ1) is 27.4. The Hall–Kier alpha value is -1.60. The molecule has 0 saturated carbocycles. The average molecular weight is 443 g/mol. The number of hydrogen-bond donors (Lipinski definition) is 4. The van der Waals surface area contributed by atoms with E-state index < -0.39 is 41.6 Å². The second-order valence-electron chi connectivity index (χ2n) is 8.66. The van der Waals surface area contributed by atoms with E-state index in [0.717, 1.165) is 19.3 Å². The fourth-order valence-corrected chi connectivity index (χ4v) is 3.87. The first-order valence-corrected chi connectivity index (χ1v) is 12.1. The SMILES string of the molecule is CCCCCCCCCCCCCCCCCC(=O)C(O)[C@H](O)[C@H]1OC(=O)C(O)=C1O. The minimum absolute atomic E-state index is 0.105. The Morgan fingerprint density at radius 3 is 1.61 bits per heavy atom. The molecule has 0 aliphatic carbocycles. The lowest BCUT2D eigenvalue weighted by Gasteiger charge is -2.21. The molecule has 180 valence electrons. The highest BCUT2D eigenvalue weighted by molar-refractivity contribution is 5.89. The van der Waals surface area contributed by atoms with Gasteiger partial charge in [-0.15, -0.1) is 0 Å². The molecule has 0 saturated heterocycles. The van der Waals surface area contributed by atoms with Crippen molar-refractivity contribution in [2.45, 2.75) is 128 Å². The number of aliphatic hydroxyl groups is 4. The Morgan fingerprint density at radius 2 is 1.23 bits per heavy atom. The van der Waals surface area contributed by atoms with Crippen molar-refractivity contribution in [1.82, 2.24) is 0 Å². The van der Waals surface area contributed by atoms with Crippen molar-refractivity contribution in [3.8, 4) is 0 Å². The summed E-state index contributed by atoms with van der Waals surface area (Å²) in [6, 6.07) is 0. The standard InChI is InChI=1S/C24H42O7/c1-2-3-4-5-6-7-8-9-10-11-12-13-14-15-16-17-18(25)19(26)20(27)23-21(28)22(29)24(30)31-23/h19-20,23,26-29H,2-17H2,1H3/t19?,20-,23+/m0/s1. The molecule has 1 aliphatic heterocycles. The summed E-state index contributed by atoms with van der Waals surface area (Å²) in [5.41, 5.74) is 0. The number of hydrogen-bond acceptors (Lipinski definition) is 7. The molecule has 3 atom stereocenters. The molecule has 0 aromatic rings. The van der Waals surface area contributed by atoms with Crippen molar-refractivity contribution >= 4 is 11.8 Å². The maximum absolute atomic E-state index is 12.0. The van der Waals surface area contributed by atoms with Crippen LogP contribution in [0.1, 0.15) is 110 Å². The summed E-state index contributed by atoms with van der Waals surface area (Å²) in [6.45, 7) is 2.24. The third-order valence-corrected chi connectivity index (χ3v) is 5.93. The first-order valence-electron chi connectivity index (χ1n) is 12.1. The van der Waals surface area contributed by atoms with Crippen LogP contribution in [0, 0.1) is 0 Å². The molecule has 4 N–H and O–H groups in total. The van der Waals surface area contributed by atoms with Crippen LogP contribution in [0.15, 0.2) is 11.5 Å². The number of ether oxygens (including phenoxy) is 1. The van der Waals surface area contributed by atoms with Crippen molar-refractivity contribution in [3.63, 3.8) is 0 Å². The van der Waals surface area contributed by atoms with Gasteiger partial charge in [-0.2, -0.15) is 0 Å². The van der Waals surface area contributed by atoms with Crippen LogP contribution in [0.4, 0.5) is 0 Å². The largest absolute Gasteiger partial charge is 0.505 e. The van der Waals surface area contributed by atoms with Gasteiger partial charge < -0.3 is 25.2 Å². The Bertz CT molecular complexity index is 558. The fraction of sp³-hybridized carbons (Fsp3) is 0.833. The monoisotopic (exact) mass is 442 g/mol. The summed E-state index contributed by atoms with van der Waals surface area (Å²) in [5, 5.41) is 38.7. The van der Waals surface area contributed by atoms with Gasteiger partial charge in [0.15, 0.2) is 17.6 Å². The summed E-state index contributed by atoms with van der Waals surface area (Å²) in [6.07, 6.45) is 13.1. The molecule has 7 heteroatoms. The lowest BCUT2D eigenvalue weighted by atomic mass is 9.98. The smallest absolute Gasteiger partial charge is 0.377 e. The highest BCUT2D eigenvalue weighted by Crippen LogP contribution is 2.23. The number of carbonyl (C=O) groups excluding carboxylic acids is 2. The van der Waals surface area contributed by atoms with Gasteiger partial charge >= 0.3 is 5.97 Å². The van der Waals surface area contributed by atoms with Crippen molar-refractivity contribution in [3.05, 3.63) is 11.5 Å². The Labute approximate surface area is 186 Å². The lowest BCUT2D eigenvalue weighted by Crippen LogP contribution is -2.43. The lowest BCUT2D eigenvalue weighted by molar-refractivity contribution is -0.154. The van der Waals surface area contributed by atoms with Gasteiger partial charge in [0.25, 0.3) is 0 Å². The summed E-state index contributed by atoms with van der Waals surface area (Å²) in [4.78, 5) is 23.2. The van der Waals surface area contributed by atoms with Gasteiger partial charge in [0.2, 0.25) is 5.76 Å². The zero-order valence-corrected chi connectivity index (χ0v) is 19.1. The average Bonchev–Trinajstić information content (AvgIpc) is 3.02. The van der Waals surface area contributed by atoms with Crippen molar-refractivity contribution in [2.24, 2.45) is 0 Å². The van der Waals surface area contributed by atoms with Crippen LogP contribution in [0.2, 0.25) is 0 Å². The number of esters is 1. The third-order valence-electron chi connectivity index (χ3n) is 5.93. The topological polar surface area (TPSA) is 124 Å². The number of cyclic esters (lactones) is 1. The number of aliphatic hydroxyl groups excluding tert-OH is 4. The number of carbonyl (C=O) groups is 2. The maximum Gasteiger partial charge on any atom is 0.377 e. The molecule has 1 unspecified atom stereocenters. The molecule has 1 aliphatic rings. The molecule has 0 radical (unpaired) electrons. The van der Waals surface area contributed by atoms with E-state index in [1.165, 1.54) is 70.6 Å². The van der Waals surface area contributed by atoms with Gasteiger partial charge in [-0.1, -0.05) is 96.8 Å². The van der Waals surface area contributed by atoms with Crippen molar-refractivity contribution < 1.29 is 34.8 Å². The van der Waals surface area contributed by atoms with Crippen LogP contribution in [0.25, 0.3) is 0 Å². The minimum atomic E-state index is -1.81. The predicted molar refractivity (Wildman–Crippen MR) is 119 cm³/mol. The second kappa shape index (κ2) is 16.1. The van der Waals surface area contributed by atoms with E-state index in [2.05, 4.69) is 11.7 Å². The molecule has 0 aromatic heterocycles. The van der Waals surface area contributed by atoms with E-state index in [0.29, 0.717) is 6.42 Å². The van der Waals surface area contributed by atoms with E-state index in [1.54, 1.807) is 0 Å². The van der Waals surface area contributed by atoms with Gasteiger partial charge in [0, 0.05) is 6.42 Å². The zero-order chi connectivity index (χ0) is 23.1. The number of unbranched alkanes of at least 4 members (excludes halogenated alkanes) is 14. The number of Topliss-reactive ketones (excluding diaryl/α,β-unsaturated/α-hetero) is 1. The highest BCUT2D eigenvalue weighted by Gasteiger charge is 2.43. The van der Waals surface area contributed by atoms with Crippen LogP contribution in [-0.2, 0) is 14.3 Å². The third kappa shape index (κ3) is 10.5. The fourth-order valence-electron chi connectivity index (χ4n) is 3.87. The van der Waals surface area contributed by atoms with E-state index in [-0.39, 0.29) is 6.42 Å². The zero-order valence-electron chi connectivity index (χ0n) is 19.1. The van der Waals surface area contributed by atoms with Gasteiger partial charge in [-0.05, 0) is 6.42 Å². The molecule has 0 spiro atoms. The van der Waals surface area contributed by atoms with Crippen molar-refractivity contribution in [2.75, 3.05) is 0 Å². The van der Waals surface area contributed by atoms with Crippen LogP contribution in [-0.4, -0.2) is 50.5 Å². The van der Waals surface area contributed by atoms with E-state index >= 15 is 0 Å². The van der Waals surface area contributed by atoms with Gasteiger partial charge in [-0.25, -0.2) is 4.79 Å². The molecule has 0 amide bonds. The Morgan fingerprint density at radius 1 is 0.806 bits per heavy atom. The van der Waals surface area contributed by atoms with Crippen molar-refractivity contribution in [1.29, 1.82) is 0 Å². The van der Waals surface area contributed by atoms with E-state index in [4.69, 9.17) is 0 Å². The minimum Gasteiger partial charge on any atom is -0.505 e. The molecule has 1 rings (SSSR count). The second-order valence-corrected chi connectivity index (χ2v) is 8.66. The molecule has 31 heavy (non-hydrogen) atoms. The van der Waals surface area contributed by atoms with E-state index in [9.17, 15) is 30.0 Å². The number of rotatable bonds is 19. The highest BCUT2D eigenvalue weighted by atomic mass is 16.6. The predicted octanol–water partition coefficient (Wildman–Crippen LogP) is 4.79.